The van der Waals surface area contributed by atoms with Crippen LogP contribution in [0, 0.1) is 0 Å². The molecular formula is C18H19N3O. The molecular weight excluding hydrogens is 274 g/mol. The van der Waals surface area contributed by atoms with Crippen molar-refractivity contribution in [1.82, 2.24) is 14.8 Å². The Morgan fingerprint density at radius 1 is 1.00 bits per heavy atom. The minimum Gasteiger partial charge on any atom is -0.319 e. The fraction of sp³-hybridized carbons (Fsp3) is 0.222. The van der Waals surface area contributed by atoms with Crippen LogP contribution in [0.1, 0.15) is 11.3 Å². The number of pyridine rings is 1. The van der Waals surface area contributed by atoms with Crippen LogP contribution >= 0.6 is 0 Å². The van der Waals surface area contributed by atoms with Gasteiger partial charge >= 0.3 is 6.03 Å². The summed E-state index contributed by atoms with van der Waals surface area (Å²) in [4.78, 5) is 20.3. The third-order valence-corrected chi connectivity index (χ3v) is 3.70. The smallest absolute Gasteiger partial charge is 0.319 e. The highest BCUT2D eigenvalue weighted by atomic mass is 16.2. The highest BCUT2D eigenvalue weighted by molar-refractivity contribution is 5.76. The predicted octanol–water partition coefficient (Wildman–Crippen LogP) is 3.03. The molecule has 112 valence electrons. The highest BCUT2D eigenvalue weighted by Gasteiger charge is 2.27. The predicted molar refractivity (Wildman–Crippen MR) is 87.1 cm³/mol. The van der Waals surface area contributed by atoms with Gasteiger partial charge in [0.2, 0.25) is 0 Å². The molecule has 1 aliphatic heterocycles. The summed E-state index contributed by atoms with van der Waals surface area (Å²) in [5.41, 5.74) is 2.08. The molecule has 4 nitrogen and oxygen atoms in total. The number of rotatable bonds is 5. The number of urea groups is 1. The molecule has 0 bridgehead atoms. The van der Waals surface area contributed by atoms with E-state index in [9.17, 15) is 4.79 Å². The van der Waals surface area contributed by atoms with E-state index in [-0.39, 0.29) is 6.03 Å². The van der Waals surface area contributed by atoms with Crippen molar-refractivity contribution in [3.05, 3.63) is 72.1 Å². The van der Waals surface area contributed by atoms with Crippen molar-refractivity contribution < 1.29 is 4.79 Å². The molecule has 1 aromatic carbocycles. The monoisotopic (exact) mass is 293 g/mol. The van der Waals surface area contributed by atoms with E-state index in [1.165, 1.54) is 0 Å². The lowest BCUT2D eigenvalue weighted by Crippen LogP contribution is -2.31. The van der Waals surface area contributed by atoms with Crippen molar-refractivity contribution in [2.75, 3.05) is 19.6 Å². The molecule has 3 rings (SSSR count). The van der Waals surface area contributed by atoms with Gasteiger partial charge in [-0.05, 0) is 17.7 Å². The van der Waals surface area contributed by atoms with Gasteiger partial charge in [0, 0.05) is 25.8 Å². The normalized spacial score (nSPS) is 15.0. The molecule has 2 heterocycles. The third-order valence-electron chi connectivity index (χ3n) is 3.70. The number of aromatic nitrogens is 1. The summed E-state index contributed by atoms with van der Waals surface area (Å²) in [7, 11) is 0. The topological polar surface area (TPSA) is 36.4 Å². The van der Waals surface area contributed by atoms with E-state index in [4.69, 9.17) is 0 Å². The van der Waals surface area contributed by atoms with Crippen molar-refractivity contribution in [2.45, 2.75) is 6.54 Å². The number of hydrogen-bond acceptors (Lipinski definition) is 2. The van der Waals surface area contributed by atoms with Gasteiger partial charge in [-0.15, -0.1) is 0 Å². The Morgan fingerprint density at radius 2 is 1.77 bits per heavy atom. The summed E-state index contributed by atoms with van der Waals surface area (Å²) in [5.74, 6) is 0. The van der Waals surface area contributed by atoms with Crippen LogP contribution in [-0.4, -0.2) is 40.4 Å². The Kier molecular flexibility index (Phi) is 4.49. The van der Waals surface area contributed by atoms with Gasteiger partial charge in [0.05, 0.1) is 12.2 Å². The molecule has 0 spiro atoms. The molecule has 1 aromatic heterocycles. The number of carbonyl (C=O) groups excluding carboxylic acids is 1. The van der Waals surface area contributed by atoms with Crippen molar-refractivity contribution in [3.63, 3.8) is 0 Å². The van der Waals surface area contributed by atoms with Gasteiger partial charge in [-0.2, -0.15) is 0 Å². The second-order valence-electron chi connectivity index (χ2n) is 5.28. The molecule has 0 unspecified atom stereocenters. The first-order valence-electron chi connectivity index (χ1n) is 7.48. The van der Waals surface area contributed by atoms with Crippen molar-refractivity contribution in [3.8, 4) is 0 Å². The molecule has 1 saturated heterocycles. The summed E-state index contributed by atoms with van der Waals surface area (Å²) in [6.07, 6.45) is 5.85. The number of nitrogens with zero attached hydrogens (tertiary/aromatic N) is 3. The van der Waals surface area contributed by atoms with Crippen LogP contribution in [0.4, 0.5) is 4.79 Å². The van der Waals surface area contributed by atoms with E-state index in [0.717, 1.165) is 24.3 Å². The fourth-order valence-corrected chi connectivity index (χ4v) is 2.52. The first-order chi connectivity index (χ1) is 10.8. The minimum absolute atomic E-state index is 0.0864. The van der Waals surface area contributed by atoms with Crippen molar-refractivity contribution in [2.24, 2.45) is 0 Å². The van der Waals surface area contributed by atoms with Gasteiger partial charge in [-0.3, -0.25) is 4.98 Å². The number of amides is 2. The second-order valence-corrected chi connectivity index (χ2v) is 5.28. The van der Waals surface area contributed by atoms with E-state index in [1.54, 1.807) is 6.20 Å². The van der Waals surface area contributed by atoms with Gasteiger partial charge in [0.15, 0.2) is 0 Å². The molecule has 0 saturated carbocycles. The third kappa shape index (κ3) is 3.52. The summed E-state index contributed by atoms with van der Waals surface area (Å²) in [6.45, 7) is 2.75. The molecule has 0 aliphatic carbocycles. The van der Waals surface area contributed by atoms with E-state index in [0.29, 0.717) is 13.1 Å². The van der Waals surface area contributed by atoms with Crippen LogP contribution in [0.25, 0.3) is 6.08 Å². The summed E-state index contributed by atoms with van der Waals surface area (Å²) in [5, 5.41) is 0. The van der Waals surface area contributed by atoms with Crippen LogP contribution in [-0.2, 0) is 6.54 Å². The lowest BCUT2D eigenvalue weighted by Gasteiger charge is -2.17. The summed E-state index contributed by atoms with van der Waals surface area (Å²) in [6, 6.07) is 16.0. The Hall–Kier alpha value is -2.62. The van der Waals surface area contributed by atoms with Crippen LogP contribution in [0.2, 0.25) is 0 Å². The first-order valence-corrected chi connectivity index (χ1v) is 7.48. The zero-order valence-corrected chi connectivity index (χ0v) is 12.4. The molecule has 22 heavy (non-hydrogen) atoms. The molecule has 1 aliphatic rings. The average Bonchev–Trinajstić information content (AvgIpc) is 2.90. The van der Waals surface area contributed by atoms with E-state index in [2.05, 4.69) is 23.2 Å². The molecule has 1 fully saturated rings. The van der Waals surface area contributed by atoms with Gasteiger partial charge in [0.25, 0.3) is 0 Å². The maximum Gasteiger partial charge on any atom is 0.320 e. The SMILES string of the molecule is O=C1N(C/C=C/c2ccccc2)CCN1Cc1ccccn1. The maximum atomic E-state index is 12.3. The van der Waals surface area contributed by atoms with Crippen LogP contribution < -0.4 is 0 Å². The highest BCUT2D eigenvalue weighted by Crippen LogP contribution is 2.12. The standard InChI is InChI=1S/C18H19N3O/c22-18-20(12-6-9-16-7-2-1-3-8-16)13-14-21(18)15-17-10-4-5-11-19-17/h1-11H,12-15H2/b9-6+. The van der Waals surface area contributed by atoms with Gasteiger partial charge in [-0.25, -0.2) is 4.79 Å². The lowest BCUT2D eigenvalue weighted by atomic mass is 10.2. The quantitative estimate of drug-likeness (QED) is 0.849. The van der Waals surface area contributed by atoms with Crippen molar-refractivity contribution in [1.29, 1.82) is 0 Å². The molecule has 0 radical (unpaired) electrons. The van der Waals surface area contributed by atoms with E-state index in [1.807, 2.05) is 52.3 Å². The van der Waals surface area contributed by atoms with Gasteiger partial charge in [-0.1, -0.05) is 48.6 Å². The Labute approximate surface area is 130 Å². The Balaban J connectivity index is 1.54. The summed E-state index contributed by atoms with van der Waals surface area (Å²) >= 11 is 0. The van der Waals surface area contributed by atoms with Gasteiger partial charge < -0.3 is 9.80 Å². The molecule has 0 N–H and O–H groups in total. The lowest BCUT2D eigenvalue weighted by molar-refractivity contribution is 0.193. The van der Waals surface area contributed by atoms with Crippen molar-refractivity contribution >= 4 is 12.1 Å². The fourth-order valence-electron chi connectivity index (χ4n) is 2.52. The molecule has 4 heteroatoms. The van der Waals surface area contributed by atoms with Crippen LogP contribution in [0.15, 0.2) is 60.8 Å². The number of carbonyl (C=O) groups is 1. The number of hydrogen-bond donors (Lipinski definition) is 0. The Morgan fingerprint density at radius 3 is 2.55 bits per heavy atom. The molecule has 0 atom stereocenters. The van der Waals surface area contributed by atoms with E-state index >= 15 is 0 Å². The van der Waals surface area contributed by atoms with Crippen LogP contribution in [0.5, 0.6) is 0 Å². The zero-order chi connectivity index (χ0) is 15.2. The van der Waals surface area contributed by atoms with E-state index < -0.39 is 0 Å². The van der Waals surface area contributed by atoms with Crippen LogP contribution in [0.3, 0.4) is 0 Å². The molecule has 2 amide bonds. The maximum absolute atomic E-state index is 12.3. The van der Waals surface area contributed by atoms with Gasteiger partial charge in [0.1, 0.15) is 0 Å². The molecule has 2 aromatic rings. The second kappa shape index (κ2) is 6.89. The Bertz CT molecular complexity index is 640. The largest absolute Gasteiger partial charge is 0.320 e. The first kappa shape index (κ1) is 14.3. The number of benzene rings is 1. The average molecular weight is 293 g/mol. The minimum atomic E-state index is 0.0864. The zero-order valence-electron chi connectivity index (χ0n) is 12.4. The summed E-state index contributed by atoms with van der Waals surface area (Å²) < 4.78 is 0.